The van der Waals surface area contributed by atoms with Gasteiger partial charge in [0.1, 0.15) is 0 Å². The summed E-state index contributed by atoms with van der Waals surface area (Å²) < 4.78 is 26.6. The van der Waals surface area contributed by atoms with Crippen LogP contribution in [0.5, 0.6) is 0 Å². The molecule has 3 N–H and O–H groups in total. The van der Waals surface area contributed by atoms with Crippen molar-refractivity contribution in [2.24, 2.45) is 5.73 Å². The molecule has 1 aromatic rings. The number of nitrogens with zero attached hydrogens (tertiary/aromatic N) is 1. The van der Waals surface area contributed by atoms with Crippen LogP contribution in [0, 0.1) is 0 Å². The Morgan fingerprint density at radius 2 is 1.73 bits per heavy atom. The lowest BCUT2D eigenvalue weighted by Gasteiger charge is -2.18. The minimum atomic E-state index is -3.60. The van der Waals surface area contributed by atoms with E-state index in [4.69, 9.17) is 5.73 Å². The van der Waals surface area contributed by atoms with Crippen LogP contribution in [0.25, 0.3) is 0 Å². The molecular formula is C14H24ClN3O3S. The Hall–Kier alpha value is -1.15. The van der Waals surface area contributed by atoms with Gasteiger partial charge in [-0.2, -0.15) is 0 Å². The van der Waals surface area contributed by atoms with E-state index in [9.17, 15) is 13.2 Å². The Morgan fingerprint density at radius 3 is 2.14 bits per heavy atom. The second-order valence-corrected chi connectivity index (χ2v) is 6.47. The zero-order chi connectivity index (χ0) is 16.0. The monoisotopic (exact) mass is 349 g/mol. The van der Waals surface area contributed by atoms with Gasteiger partial charge in [0.2, 0.25) is 10.0 Å². The molecule has 8 heteroatoms. The Labute approximate surface area is 138 Å². The average Bonchev–Trinajstić information content (AvgIpc) is 2.48. The smallest absolute Gasteiger partial charge is 0.253 e. The highest BCUT2D eigenvalue weighted by atomic mass is 35.5. The molecule has 22 heavy (non-hydrogen) atoms. The summed E-state index contributed by atoms with van der Waals surface area (Å²) in [7, 11) is -3.60. The predicted molar refractivity (Wildman–Crippen MR) is 89.8 cm³/mol. The third-order valence-corrected chi connectivity index (χ3v) is 4.78. The lowest BCUT2D eigenvalue weighted by Crippen LogP contribution is -2.37. The van der Waals surface area contributed by atoms with Crippen LogP contribution in [0.3, 0.4) is 0 Å². The van der Waals surface area contributed by atoms with Crippen LogP contribution < -0.4 is 10.5 Å². The first-order chi connectivity index (χ1) is 9.85. The number of halogens is 1. The number of amides is 1. The second kappa shape index (κ2) is 9.09. The van der Waals surface area contributed by atoms with Crippen molar-refractivity contribution in [1.82, 2.24) is 9.62 Å². The van der Waals surface area contributed by atoms with E-state index < -0.39 is 10.0 Å². The number of benzene rings is 1. The van der Waals surface area contributed by atoms with Gasteiger partial charge in [-0.25, -0.2) is 13.1 Å². The van der Waals surface area contributed by atoms with E-state index in [2.05, 4.69) is 4.72 Å². The van der Waals surface area contributed by atoms with Gasteiger partial charge in [0.15, 0.2) is 0 Å². The van der Waals surface area contributed by atoms with Crippen molar-refractivity contribution in [1.29, 1.82) is 0 Å². The minimum absolute atomic E-state index is 0. The standard InChI is InChI=1S/C14H23N3O3S.ClH/c1-4-17(5-2)14(18)12-6-8-13(9-7-12)21(19,20)16-11(3)10-15;/h6-9,11,16H,4-5,10,15H2,1-3H3;1H/t11-;/m0./s1. The zero-order valence-electron chi connectivity index (χ0n) is 13.1. The summed E-state index contributed by atoms with van der Waals surface area (Å²) in [5.41, 5.74) is 5.88. The van der Waals surface area contributed by atoms with Gasteiger partial charge >= 0.3 is 0 Å². The molecule has 0 saturated carbocycles. The largest absolute Gasteiger partial charge is 0.339 e. The van der Waals surface area contributed by atoms with Gasteiger partial charge in [-0.1, -0.05) is 0 Å². The molecule has 1 aromatic carbocycles. The lowest BCUT2D eigenvalue weighted by molar-refractivity contribution is 0.0773. The summed E-state index contributed by atoms with van der Waals surface area (Å²) in [6.07, 6.45) is 0. The Balaban J connectivity index is 0.00000441. The highest BCUT2D eigenvalue weighted by Gasteiger charge is 2.18. The van der Waals surface area contributed by atoms with Gasteiger partial charge in [0, 0.05) is 31.2 Å². The van der Waals surface area contributed by atoms with E-state index in [0.717, 1.165) is 0 Å². The van der Waals surface area contributed by atoms with Crippen molar-refractivity contribution >= 4 is 28.3 Å². The molecule has 126 valence electrons. The highest BCUT2D eigenvalue weighted by Crippen LogP contribution is 2.12. The molecule has 1 atom stereocenters. The number of nitrogens with two attached hydrogens (primary N) is 1. The van der Waals surface area contributed by atoms with Crippen LogP contribution in [0.15, 0.2) is 29.2 Å². The number of nitrogens with one attached hydrogen (secondary N) is 1. The van der Waals surface area contributed by atoms with Crippen molar-refractivity contribution in [3.63, 3.8) is 0 Å². The maximum atomic E-state index is 12.1. The molecule has 0 aliphatic carbocycles. The van der Waals surface area contributed by atoms with Crippen molar-refractivity contribution < 1.29 is 13.2 Å². The van der Waals surface area contributed by atoms with E-state index in [1.54, 1.807) is 11.8 Å². The molecule has 0 unspecified atom stereocenters. The van der Waals surface area contributed by atoms with Crippen molar-refractivity contribution in [2.45, 2.75) is 31.7 Å². The van der Waals surface area contributed by atoms with Gasteiger partial charge in [-0.3, -0.25) is 4.79 Å². The normalized spacial score (nSPS) is 12.4. The molecular weight excluding hydrogens is 326 g/mol. The number of hydrogen-bond donors (Lipinski definition) is 2. The van der Waals surface area contributed by atoms with Crippen LogP contribution in [0.2, 0.25) is 0 Å². The number of hydrogen-bond acceptors (Lipinski definition) is 4. The molecule has 0 saturated heterocycles. The van der Waals surface area contributed by atoms with Gasteiger partial charge in [0.25, 0.3) is 5.91 Å². The van der Waals surface area contributed by atoms with Crippen LogP contribution in [0.1, 0.15) is 31.1 Å². The predicted octanol–water partition coefficient (Wildman–Crippen LogP) is 1.22. The number of sulfonamides is 1. The maximum absolute atomic E-state index is 12.1. The molecule has 0 aliphatic rings. The molecule has 0 bridgehead atoms. The van der Waals surface area contributed by atoms with Gasteiger partial charge in [-0.05, 0) is 45.0 Å². The summed E-state index contributed by atoms with van der Waals surface area (Å²) >= 11 is 0. The third kappa shape index (κ3) is 5.24. The molecule has 1 amide bonds. The zero-order valence-corrected chi connectivity index (χ0v) is 14.7. The van der Waals surface area contributed by atoms with Crippen molar-refractivity contribution in [2.75, 3.05) is 19.6 Å². The van der Waals surface area contributed by atoms with Crippen molar-refractivity contribution in [3.05, 3.63) is 29.8 Å². The summed E-state index contributed by atoms with van der Waals surface area (Å²) in [5.74, 6) is -0.104. The summed E-state index contributed by atoms with van der Waals surface area (Å²) in [4.78, 5) is 13.9. The number of carbonyl (C=O) groups excluding carboxylic acids is 1. The molecule has 1 rings (SSSR count). The molecule has 6 nitrogen and oxygen atoms in total. The fourth-order valence-corrected chi connectivity index (χ4v) is 3.11. The summed E-state index contributed by atoms with van der Waals surface area (Å²) in [6.45, 7) is 6.94. The SMILES string of the molecule is CCN(CC)C(=O)c1ccc(S(=O)(=O)N[C@@H](C)CN)cc1.Cl. The first-order valence-electron chi connectivity index (χ1n) is 6.97. The fourth-order valence-electron chi connectivity index (χ4n) is 1.85. The summed E-state index contributed by atoms with van der Waals surface area (Å²) in [5, 5.41) is 0. The van der Waals surface area contributed by atoms with Crippen LogP contribution in [-0.4, -0.2) is 44.9 Å². The number of carbonyl (C=O) groups is 1. The number of rotatable bonds is 7. The van der Waals surface area contributed by atoms with Crippen molar-refractivity contribution in [3.8, 4) is 0 Å². The van der Waals surface area contributed by atoms with E-state index in [1.807, 2.05) is 13.8 Å². The van der Waals surface area contributed by atoms with Crippen LogP contribution in [-0.2, 0) is 10.0 Å². The Morgan fingerprint density at radius 1 is 1.23 bits per heavy atom. The Bertz CT molecular complexity index is 572. The molecule has 0 spiro atoms. The van der Waals surface area contributed by atoms with Crippen LogP contribution in [0.4, 0.5) is 0 Å². The molecule has 0 aromatic heterocycles. The average molecular weight is 350 g/mol. The third-order valence-electron chi connectivity index (χ3n) is 3.17. The first kappa shape index (κ1) is 20.9. The Kier molecular flexibility index (Phi) is 8.62. The van der Waals surface area contributed by atoms with E-state index in [-0.39, 0.29) is 35.8 Å². The second-order valence-electron chi connectivity index (χ2n) is 4.76. The van der Waals surface area contributed by atoms with Gasteiger partial charge in [0.05, 0.1) is 4.90 Å². The first-order valence-corrected chi connectivity index (χ1v) is 8.45. The molecule has 0 aliphatic heterocycles. The van der Waals surface area contributed by atoms with Gasteiger partial charge in [-0.15, -0.1) is 12.4 Å². The molecule has 0 heterocycles. The minimum Gasteiger partial charge on any atom is -0.339 e. The van der Waals surface area contributed by atoms with E-state index in [0.29, 0.717) is 18.7 Å². The summed E-state index contributed by atoms with van der Waals surface area (Å²) in [6, 6.07) is 5.59. The maximum Gasteiger partial charge on any atom is 0.253 e. The quantitative estimate of drug-likeness (QED) is 0.774. The highest BCUT2D eigenvalue weighted by molar-refractivity contribution is 7.89. The topological polar surface area (TPSA) is 92.5 Å². The van der Waals surface area contributed by atoms with Crippen LogP contribution >= 0.6 is 12.4 Å². The van der Waals surface area contributed by atoms with E-state index >= 15 is 0 Å². The molecule has 0 fully saturated rings. The van der Waals surface area contributed by atoms with Gasteiger partial charge < -0.3 is 10.6 Å². The molecule has 0 radical (unpaired) electrons. The lowest BCUT2D eigenvalue weighted by atomic mass is 10.2. The van der Waals surface area contributed by atoms with E-state index in [1.165, 1.54) is 24.3 Å². The fraction of sp³-hybridized carbons (Fsp3) is 0.500.